The molecule has 0 unspecified atom stereocenters. The van der Waals surface area contributed by atoms with Gasteiger partial charge in [-0.25, -0.2) is 4.79 Å². The number of anilines is 2. The molecular formula is C20H29N3O4S. The van der Waals surface area contributed by atoms with Crippen molar-refractivity contribution in [3.05, 3.63) is 18.2 Å². The number of carbonyl (C=O) groups is 2. The molecule has 0 spiro atoms. The van der Waals surface area contributed by atoms with E-state index >= 15 is 0 Å². The Morgan fingerprint density at radius 3 is 2.75 bits per heavy atom. The molecule has 1 saturated heterocycles. The highest BCUT2D eigenvalue weighted by atomic mass is 32.2. The Kier molecular flexibility index (Phi) is 6.93. The van der Waals surface area contributed by atoms with Crippen LogP contribution in [0.4, 0.5) is 16.2 Å². The maximum atomic E-state index is 12.5. The van der Waals surface area contributed by atoms with Crippen LogP contribution in [0, 0.1) is 0 Å². The number of rotatable bonds is 6. The van der Waals surface area contributed by atoms with Crippen molar-refractivity contribution in [3.8, 4) is 5.75 Å². The number of carbonyl (C=O) groups excluding carboxylic acids is 2. The molecule has 28 heavy (non-hydrogen) atoms. The molecule has 3 amide bonds. The fourth-order valence-electron chi connectivity index (χ4n) is 4.01. The molecule has 1 aromatic carbocycles. The molecule has 1 saturated carbocycles. The van der Waals surface area contributed by atoms with E-state index in [1.54, 1.807) is 30.2 Å². The van der Waals surface area contributed by atoms with Crippen molar-refractivity contribution in [1.29, 1.82) is 0 Å². The third-order valence-corrected chi connectivity index (χ3v) is 7.25. The van der Waals surface area contributed by atoms with Gasteiger partial charge in [-0.2, -0.15) is 0 Å². The molecule has 1 heterocycles. The number of nitrogens with one attached hydrogen (secondary N) is 2. The van der Waals surface area contributed by atoms with Crippen molar-refractivity contribution < 1.29 is 18.5 Å². The van der Waals surface area contributed by atoms with E-state index in [9.17, 15) is 13.8 Å². The second kappa shape index (κ2) is 9.41. The summed E-state index contributed by atoms with van der Waals surface area (Å²) in [5.41, 5.74) is 1.32. The summed E-state index contributed by atoms with van der Waals surface area (Å²) in [4.78, 5) is 26.2. The lowest BCUT2D eigenvalue weighted by atomic mass is 9.95. The molecule has 154 valence electrons. The minimum Gasteiger partial charge on any atom is -0.494 e. The van der Waals surface area contributed by atoms with E-state index in [2.05, 4.69) is 10.6 Å². The largest absolute Gasteiger partial charge is 0.494 e. The van der Waals surface area contributed by atoms with Crippen molar-refractivity contribution >= 4 is 34.1 Å². The second-order valence-corrected chi connectivity index (χ2v) is 9.18. The molecule has 3 rings (SSSR count). The Bertz CT molecular complexity index is 755. The van der Waals surface area contributed by atoms with Crippen molar-refractivity contribution in [1.82, 2.24) is 5.32 Å². The number of nitrogens with zero attached hydrogens (tertiary/aromatic N) is 1. The molecule has 1 aliphatic carbocycles. The average molecular weight is 408 g/mol. The van der Waals surface area contributed by atoms with Crippen LogP contribution in [0.25, 0.3) is 0 Å². The zero-order valence-corrected chi connectivity index (χ0v) is 17.3. The zero-order chi connectivity index (χ0) is 20.1. The van der Waals surface area contributed by atoms with Crippen LogP contribution in [0.3, 0.4) is 0 Å². The number of benzene rings is 1. The fourth-order valence-corrected chi connectivity index (χ4v) is 5.44. The molecule has 8 heteroatoms. The van der Waals surface area contributed by atoms with Gasteiger partial charge in [-0.1, -0.05) is 19.8 Å². The highest BCUT2D eigenvalue weighted by Crippen LogP contribution is 2.34. The number of ether oxygens (including phenoxy) is 1. The van der Waals surface area contributed by atoms with Gasteiger partial charge in [0.1, 0.15) is 5.75 Å². The summed E-state index contributed by atoms with van der Waals surface area (Å²) in [5, 5.41) is 5.85. The topological polar surface area (TPSA) is 87.7 Å². The van der Waals surface area contributed by atoms with E-state index < -0.39 is 10.8 Å². The van der Waals surface area contributed by atoms with Gasteiger partial charge in [0.25, 0.3) is 0 Å². The summed E-state index contributed by atoms with van der Waals surface area (Å²) in [7, 11) is 0.632. The summed E-state index contributed by atoms with van der Waals surface area (Å²) >= 11 is 0. The van der Waals surface area contributed by atoms with E-state index in [0.29, 0.717) is 30.2 Å². The lowest BCUT2D eigenvalue weighted by Gasteiger charge is -2.31. The monoisotopic (exact) mass is 407 g/mol. The number of urea groups is 1. The maximum absolute atomic E-state index is 12.5. The summed E-state index contributed by atoms with van der Waals surface area (Å²) in [6.07, 6.45) is 5.22. The first-order valence-corrected chi connectivity index (χ1v) is 11.3. The Morgan fingerprint density at radius 1 is 1.29 bits per heavy atom. The van der Waals surface area contributed by atoms with E-state index in [4.69, 9.17) is 4.74 Å². The molecular weight excluding hydrogens is 378 g/mol. The first-order valence-electron chi connectivity index (χ1n) is 9.96. The second-order valence-electron chi connectivity index (χ2n) is 7.23. The van der Waals surface area contributed by atoms with Gasteiger partial charge in [0.15, 0.2) is 0 Å². The smallest absolute Gasteiger partial charge is 0.319 e. The number of hydrogen-bond donors (Lipinski definition) is 2. The summed E-state index contributed by atoms with van der Waals surface area (Å²) in [6.45, 7) is 2.60. The van der Waals surface area contributed by atoms with Crippen molar-refractivity contribution in [3.63, 3.8) is 0 Å². The normalized spacial score (nSPS) is 23.4. The molecule has 1 aliphatic heterocycles. The van der Waals surface area contributed by atoms with Gasteiger partial charge in [-0.3, -0.25) is 9.00 Å². The molecule has 1 aromatic rings. The quantitative estimate of drug-likeness (QED) is 0.759. The summed E-state index contributed by atoms with van der Waals surface area (Å²) in [5.74, 6) is 1.25. The maximum Gasteiger partial charge on any atom is 0.319 e. The first kappa shape index (κ1) is 20.6. The lowest BCUT2D eigenvalue weighted by Crippen LogP contribution is -2.48. The van der Waals surface area contributed by atoms with E-state index in [1.807, 2.05) is 6.92 Å². The van der Waals surface area contributed by atoms with E-state index in [1.165, 1.54) is 0 Å². The zero-order valence-electron chi connectivity index (χ0n) is 16.5. The number of amides is 3. The molecule has 0 radical (unpaired) electrons. The van der Waals surface area contributed by atoms with Crippen LogP contribution in [-0.4, -0.2) is 46.8 Å². The van der Waals surface area contributed by atoms with Gasteiger partial charge in [0, 0.05) is 47.3 Å². The van der Waals surface area contributed by atoms with Crippen LogP contribution >= 0.6 is 0 Å². The molecule has 7 nitrogen and oxygen atoms in total. The Balaban J connectivity index is 1.66. The molecule has 2 aliphatic rings. The molecule has 0 aromatic heterocycles. The molecule has 2 fully saturated rings. The Labute approximate surface area is 168 Å². The first-order chi connectivity index (χ1) is 13.5. The minimum atomic E-state index is -0.920. The molecule has 3 atom stereocenters. The lowest BCUT2D eigenvalue weighted by molar-refractivity contribution is -0.117. The standard InChI is InChI=1S/C20H29N3O4S/c1-3-28(26)18-8-5-4-7-15(18)22-20(25)21-14-10-11-16(17(13-14)27-2)23-12-6-9-19(23)24/h10-11,13,15,18H,3-9,12H2,1-2H3,(H2,21,22,25)/t15-,18+,28+/m1/s1. The highest BCUT2D eigenvalue weighted by Gasteiger charge is 2.30. The van der Waals surface area contributed by atoms with Crippen molar-refractivity contribution in [2.24, 2.45) is 0 Å². The predicted octanol–water partition coefficient (Wildman–Crippen LogP) is 3.02. The minimum absolute atomic E-state index is 0.0163. The number of hydrogen-bond acceptors (Lipinski definition) is 4. The molecule has 0 bridgehead atoms. The Hall–Kier alpha value is -2.09. The van der Waals surface area contributed by atoms with Crippen LogP contribution in [0.2, 0.25) is 0 Å². The summed E-state index contributed by atoms with van der Waals surface area (Å²) in [6, 6.07) is 4.91. The van der Waals surface area contributed by atoms with Crippen LogP contribution in [-0.2, 0) is 15.6 Å². The van der Waals surface area contributed by atoms with Crippen LogP contribution in [0.5, 0.6) is 5.75 Å². The third kappa shape index (κ3) is 4.66. The van der Waals surface area contributed by atoms with Gasteiger partial charge in [0.05, 0.1) is 18.0 Å². The van der Waals surface area contributed by atoms with Gasteiger partial charge >= 0.3 is 6.03 Å². The van der Waals surface area contributed by atoms with Crippen LogP contribution < -0.4 is 20.3 Å². The predicted molar refractivity (Wildman–Crippen MR) is 111 cm³/mol. The highest BCUT2D eigenvalue weighted by molar-refractivity contribution is 7.85. The average Bonchev–Trinajstić information content (AvgIpc) is 3.13. The fraction of sp³-hybridized carbons (Fsp3) is 0.600. The third-order valence-electron chi connectivity index (χ3n) is 5.44. The van der Waals surface area contributed by atoms with Gasteiger partial charge in [-0.05, 0) is 31.4 Å². The SMILES string of the molecule is CC[S@](=O)[C@H]1CCCC[C@H]1NC(=O)Nc1ccc(N2CCCC2=O)c(OC)c1. The number of methoxy groups -OCH3 is 1. The van der Waals surface area contributed by atoms with E-state index in [0.717, 1.165) is 37.8 Å². The van der Waals surface area contributed by atoms with Gasteiger partial charge < -0.3 is 20.3 Å². The van der Waals surface area contributed by atoms with Gasteiger partial charge in [-0.15, -0.1) is 0 Å². The van der Waals surface area contributed by atoms with Crippen LogP contribution in [0.15, 0.2) is 18.2 Å². The van der Waals surface area contributed by atoms with Crippen molar-refractivity contribution in [2.45, 2.75) is 56.7 Å². The van der Waals surface area contributed by atoms with Crippen LogP contribution in [0.1, 0.15) is 45.4 Å². The summed E-state index contributed by atoms with van der Waals surface area (Å²) < 4.78 is 17.7. The van der Waals surface area contributed by atoms with E-state index in [-0.39, 0.29) is 23.2 Å². The van der Waals surface area contributed by atoms with Gasteiger partial charge in [0.2, 0.25) is 5.91 Å². The molecule has 2 N–H and O–H groups in total. The van der Waals surface area contributed by atoms with Crippen molar-refractivity contribution in [2.75, 3.05) is 29.6 Å². The Morgan fingerprint density at radius 2 is 2.07 bits per heavy atom.